The minimum absolute atomic E-state index is 0.706. The molecule has 1 aromatic heterocycles. The summed E-state index contributed by atoms with van der Waals surface area (Å²) in [5.74, 6) is 0. The van der Waals surface area contributed by atoms with Crippen molar-refractivity contribution in [2.45, 2.75) is 19.8 Å². The van der Waals surface area contributed by atoms with E-state index in [1.54, 1.807) is 11.0 Å². The van der Waals surface area contributed by atoms with Crippen LogP contribution in [-0.4, -0.2) is 26.8 Å². The largest absolute Gasteiger partial charge is 0.384 e. The van der Waals surface area contributed by atoms with Crippen LogP contribution in [0.4, 0.5) is 5.69 Å². The summed E-state index contributed by atoms with van der Waals surface area (Å²) < 4.78 is 1.60. The molecular weight excluding hydrogens is 238 g/mol. The maximum absolute atomic E-state index is 6.11. The van der Waals surface area contributed by atoms with Gasteiger partial charge in [0.1, 0.15) is 6.33 Å². The number of hydrogen-bond acceptors (Lipinski definition) is 4. The molecule has 0 spiro atoms. The summed E-state index contributed by atoms with van der Waals surface area (Å²) in [6, 6.07) is 5.66. The van der Waals surface area contributed by atoms with Crippen molar-refractivity contribution >= 4 is 17.3 Å². The molecule has 2 aromatic rings. The molecule has 17 heavy (non-hydrogen) atoms. The topological polar surface area (TPSA) is 55.6 Å². The molecule has 0 fully saturated rings. The molecule has 0 aliphatic carbocycles. The summed E-state index contributed by atoms with van der Waals surface area (Å²) in [6.07, 6.45) is 3.82. The second-order valence-electron chi connectivity index (χ2n) is 3.70. The van der Waals surface area contributed by atoms with Gasteiger partial charge in [-0.05, 0) is 35.0 Å². The van der Waals surface area contributed by atoms with Gasteiger partial charge in [-0.15, -0.1) is 5.10 Å². The Morgan fingerprint density at radius 1 is 1.41 bits per heavy atom. The van der Waals surface area contributed by atoms with Gasteiger partial charge in [-0.2, -0.15) is 0 Å². The zero-order chi connectivity index (χ0) is 12.1. The number of unbranched alkanes of at least 4 members (excludes halogenated alkanes) is 1. The van der Waals surface area contributed by atoms with E-state index in [0.717, 1.165) is 30.8 Å². The van der Waals surface area contributed by atoms with Gasteiger partial charge < -0.3 is 5.32 Å². The van der Waals surface area contributed by atoms with Crippen LogP contribution in [0.15, 0.2) is 24.5 Å². The molecule has 0 aliphatic rings. The van der Waals surface area contributed by atoms with Crippen LogP contribution in [0, 0.1) is 0 Å². The van der Waals surface area contributed by atoms with E-state index in [0.29, 0.717) is 5.02 Å². The van der Waals surface area contributed by atoms with Crippen LogP contribution in [0.2, 0.25) is 5.02 Å². The summed E-state index contributed by atoms with van der Waals surface area (Å²) in [7, 11) is 0. The Bertz CT molecular complexity index is 469. The molecular formula is C11H14ClN5. The van der Waals surface area contributed by atoms with Crippen molar-refractivity contribution in [2.75, 3.05) is 11.9 Å². The lowest BCUT2D eigenvalue weighted by molar-refractivity contribution is 0.788. The Morgan fingerprint density at radius 3 is 3.00 bits per heavy atom. The second-order valence-corrected chi connectivity index (χ2v) is 4.11. The van der Waals surface area contributed by atoms with Gasteiger partial charge in [0, 0.05) is 6.54 Å². The highest BCUT2D eigenvalue weighted by Gasteiger charge is 2.03. The number of anilines is 1. The van der Waals surface area contributed by atoms with Gasteiger partial charge in [0.25, 0.3) is 0 Å². The zero-order valence-corrected chi connectivity index (χ0v) is 10.4. The number of benzene rings is 1. The highest BCUT2D eigenvalue weighted by Crippen LogP contribution is 2.24. The average Bonchev–Trinajstić information content (AvgIpc) is 2.85. The van der Waals surface area contributed by atoms with Crippen molar-refractivity contribution in [2.24, 2.45) is 0 Å². The Balaban J connectivity index is 2.18. The fourth-order valence-corrected chi connectivity index (χ4v) is 1.66. The van der Waals surface area contributed by atoms with E-state index >= 15 is 0 Å². The van der Waals surface area contributed by atoms with Crippen LogP contribution in [0.3, 0.4) is 0 Å². The van der Waals surface area contributed by atoms with E-state index in [9.17, 15) is 0 Å². The Morgan fingerprint density at radius 2 is 2.29 bits per heavy atom. The predicted molar refractivity (Wildman–Crippen MR) is 67.6 cm³/mol. The lowest BCUT2D eigenvalue weighted by atomic mass is 10.2. The fourth-order valence-electron chi connectivity index (χ4n) is 1.47. The zero-order valence-electron chi connectivity index (χ0n) is 9.60. The van der Waals surface area contributed by atoms with Crippen LogP contribution in [0.5, 0.6) is 0 Å². The first-order valence-electron chi connectivity index (χ1n) is 5.58. The molecule has 0 atom stereocenters. The fraction of sp³-hybridized carbons (Fsp3) is 0.364. The van der Waals surface area contributed by atoms with E-state index in [4.69, 9.17) is 11.6 Å². The standard InChI is InChI=1S/C11H14ClN5/c1-2-3-6-13-11-7-9(4-5-10(11)12)17-8-14-15-16-17/h4-5,7-8,13H,2-3,6H2,1H3. The van der Waals surface area contributed by atoms with E-state index < -0.39 is 0 Å². The summed E-state index contributed by atoms with van der Waals surface area (Å²) in [4.78, 5) is 0. The summed E-state index contributed by atoms with van der Waals surface area (Å²) >= 11 is 6.11. The number of nitrogens with zero attached hydrogens (tertiary/aromatic N) is 4. The van der Waals surface area contributed by atoms with Crippen LogP contribution in [0.25, 0.3) is 5.69 Å². The maximum Gasteiger partial charge on any atom is 0.143 e. The van der Waals surface area contributed by atoms with Gasteiger partial charge in [0.15, 0.2) is 0 Å². The van der Waals surface area contributed by atoms with Gasteiger partial charge >= 0.3 is 0 Å². The van der Waals surface area contributed by atoms with Crippen LogP contribution >= 0.6 is 11.6 Å². The highest BCUT2D eigenvalue weighted by atomic mass is 35.5. The molecule has 0 bridgehead atoms. The number of tetrazole rings is 1. The van der Waals surface area contributed by atoms with Crippen molar-refractivity contribution in [1.82, 2.24) is 20.2 Å². The molecule has 0 saturated carbocycles. The summed E-state index contributed by atoms with van der Waals surface area (Å²) in [6.45, 7) is 3.07. The monoisotopic (exact) mass is 251 g/mol. The van der Waals surface area contributed by atoms with Crippen molar-refractivity contribution in [3.05, 3.63) is 29.5 Å². The SMILES string of the molecule is CCCCNc1cc(-n2cnnn2)ccc1Cl. The van der Waals surface area contributed by atoms with Crippen LogP contribution in [-0.2, 0) is 0 Å². The molecule has 0 amide bonds. The van der Waals surface area contributed by atoms with Crippen molar-refractivity contribution in [1.29, 1.82) is 0 Å². The molecule has 0 aliphatic heterocycles. The third kappa shape index (κ3) is 2.94. The minimum atomic E-state index is 0.706. The summed E-state index contributed by atoms with van der Waals surface area (Å²) in [5.41, 5.74) is 1.80. The van der Waals surface area contributed by atoms with E-state index in [1.807, 2.05) is 18.2 Å². The molecule has 0 saturated heterocycles. The first-order chi connectivity index (χ1) is 8.31. The Hall–Kier alpha value is -1.62. The molecule has 1 aromatic carbocycles. The van der Waals surface area contributed by atoms with Crippen molar-refractivity contribution < 1.29 is 0 Å². The Labute approximate surface area is 105 Å². The van der Waals surface area contributed by atoms with Crippen molar-refractivity contribution in [3.63, 3.8) is 0 Å². The van der Waals surface area contributed by atoms with Gasteiger partial charge in [-0.25, -0.2) is 4.68 Å². The van der Waals surface area contributed by atoms with E-state index in [2.05, 4.69) is 27.8 Å². The smallest absolute Gasteiger partial charge is 0.143 e. The van der Waals surface area contributed by atoms with Gasteiger partial charge in [0.05, 0.1) is 16.4 Å². The molecule has 0 radical (unpaired) electrons. The molecule has 0 unspecified atom stereocenters. The molecule has 5 nitrogen and oxygen atoms in total. The molecule has 1 N–H and O–H groups in total. The van der Waals surface area contributed by atoms with Gasteiger partial charge in [0.2, 0.25) is 0 Å². The van der Waals surface area contributed by atoms with Gasteiger partial charge in [-0.1, -0.05) is 24.9 Å². The second kappa shape index (κ2) is 5.63. The van der Waals surface area contributed by atoms with Crippen molar-refractivity contribution in [3.8, 4) is 5.69 Å². The quantitative estimate of drug-likeness (QED) is 0.830. The van der Waals surface area contributed by atoms with Gasteiger partial charge in [-0.3, -0.25) is 0 Å². The molecule has 90 valence electrons. The number of aromatic nitrogens is 4. The first-order valence-corrected chi connectivity index (χ1v) is 5.96. The number of halogens is 1. The number of nitrogens with one attached hydrogen (secondary N) is 1. The summed E-state index contributed by atoms with van der Waals surface area (Å²) in [5, 5.41) is 15.1. The predicted octanol–water partition coefficient (Wildman–Crippen LogP) is 2.53. The normalized spacial score (nSPS) is 10.5. The Kier molecular flexibility index (Phi) is 3.93. The third-order valence-electron chi connectivity index (χ3n) is 2.41. The van der Waals surface area contributed by atoms with Crippen LogP contribution in [0.1, 0.15) is 19.8 Å². The number of hydrogen-bond donors (Lipinski definition) is 1. The molecule has 6 heteroatoms. The van der Waals surface area contributed by atoms with E-state index in [-0.39, 0.29) is 0 Å². The molecule has 1 heterocycles. The first kappa shape index (κ1) is 11.9. The van der Waals surface area contributed by atoms with E-state index in [1.165, 1.54) is 0 Å². The highest BCUT2D eigenvalue weighted by molar-refractivity contribution is 6.33. The average molecular weight is 252 g/mol. The lowest BCUT2D eigenvalue weighted by Gasteiger charge is -2.09. The lowest BCUT2D eigenvalue weighted by Crippen LogP contribution is -2.03. The number of rotatable bonds is 5. The minimum Gasteiger partial charge on any atom is -0.384 e. The molecule has 2 rings (SSSR count). The van der Waals surface area contributed by atoms with Crippen LogP contribution < -0.4 is 5.32 Å². The maximum atomic E-state index is 6.11. The third-order valence-corrected chi connectivity index (χ3v) is 2.74.